The summed E-state index contributed by atoms with van der Waals surface area (Å²) in [6, 6.07) is 2.18. The second kappa shape index (κ2) is 3.04. The van der Waals surface area contributed by atoms with Crippen LogP contribution in [0.2, 0.25) is 0 Å². The maximum absolute atomic E-state index is 13.5. The molecule has 0 heterocycles. The molecule has 1 aliphatic rings. The first-order valence-electron chi connectivity index (χ1n) is 4.39. The minimum atomic E-state index is -0.857. The fourth-order valence-electron chi connectivity index (χ4n) is 1.51. The van der Waals surface area contributed by atoms with Crippen molar-refractivity contribution in [3.8, 4) is 0 Å². The Morgan fingerprint density at radius 2 is 2.00 bits per heavy atom. The second-order valence-corrected chi connectivity index (χ2v) is 3.46. The Kier molecular flexibility index (Phi) is 1.98. The first-order chi connectivity index (χ1) is 6.61. The molecule has 1 amide bonds. The number of amides is 1. The molecule has 0 bridgehead atoms. The van der Waals surface area contributed by atoms with Crippen molar-refractivity contribution in [2.45, 2.75) is 18.8 Å². The quantitative estimate of drug-likeness (QED) is 0.773. The minimum Gasteiger partial charge on any atom is -0.366 e. The fourth-order valence-corrected chi connectivity index (χ4v) is 1.51. The number of halogens is 2. The van der Waals surface area contributed by atoms with Gasteiger partial charge in [0.1, 0.15) is 11.6 Å². The number of primary amides is 1. The molecule has 4 heteroatoms. The van der Waals surface area contributed by atoms with E-state index in [1.165, 1.54) is 0 Å². The van der Waals surface area contributed by atoms with E-state index in [-0.39, 0.29) is 17.0 Å². The summed E-state index contributed by atoms with van der Waals surface area (Å²) in [5.74, 6) is -2.31. The van der Waals surface area contributed by atoms with Gasteiger partial charge < -0.3 is 5.73 Å². The summed E-state index contributed by atoms with van der Waals surface area (Å²) in [6.07, 6.45) is 1.55. The molecule has 0 saturated heterocycles. The van der Waals surface area contributed by atoms with E-state index in [9.17, 15) is 13.6 Å². The molecule has 0 unspecified atom stereocenters. The molecule has 1 aromatic carbocycles. The molecule has 0 aromatic heterocycles. The molecule has 2 rings (SSSR count). The maximum atomic E-state index is 13.5. The van der Waals surface area contributed by atoms with Crippen LogP contribution in [0.1, 0.15) is 34.7 Å². The summed E-state index contributed by atoms with van der Waals surface area (Å²) >= 11 is 0. The number of carbonyl (C=O) groups is 1. The fraction of sp³-hybridized carbons (Fsp3) is 0.300. The lowest BCUT2D eigenvalue weighted by Crippen LogP contribution is -2.14. The molecule has 1 aromatic rings. The Morgan fingerprint density at radius 3 is 2.50 bits per heavy atom. The summed E-state index contributed by atoms with van der Waals surface area (Å²) < 4.78 is 26.7. The van der Waals surface area contributed by atoms with Crippen LogP contribution in [0.5, 0.6) is 0 Å². The molecule has 1 aliphatic carbocycles. The maximum Gasteiger partial charge on any atom is 0.251 e. The molecule has 2 N–H and O–H groups in total. The van der Waals surface area contributed by atoms with Crippen LogP contribution < -0.4 is 5.73 Å². The highest BCUT2D eigenvalue weighted by molar-refractivity contribution is 5.93. The lowest BCUT2D eigenvalue weighted by Gasteiger charge is -2.05. The second-order valence-electron chi connectivity index (χ2n) is 3.46. The van der Waals surface area contributed by atoms with Crippen molar-refractivity contribution in [3.05, 3.63) is 34.9 Å². The van der Waals surface area contributed by atoms with Crippen LogP contribution in [-0.2, 0) is 0 Å². The predicted molar refractivity (Wildman–Crippen MR) is 46.9 cm³/mol. The van der Waals surface area contributed by atoms with Crippen molar-refractivity contribution in [2.24, 2.45) is 5.73 Å². The predicted octanol–water partition coefficient (Wildman–Crippen LogP) is 1.94. The number of rotatable bonds is 2. The summed E-state index contributed by atoms with van der Waals surface area (Å²) in [4.78, 5) is 10.8. The molecule has 1 saturated carbocycles. The SMILES string of the molecule is NC(=O)c1ccc(F)c(C2CC2)c1F. The van der Waals surface area contributed by atoms with E-state index in [1.54, 1.807) is 0 Å². The van der Waals surface area contributed by atoms with E-state index >= 15 is 0 Å². The Balaban J connectivity index is 2.56. The highest BCUT2D eigenvalue weighted by atomic mass is 19.1. The lowest BCUT2D eigenvalue weighted by molar-refractivity contribution is 0.0996. The molecule has 14 heavy (non-hydrogen) atoms. The average molecular weight is 197 g/mol. The largest absolute Gasteiger partial charge is 0.366 e. The lowest BCUT2D eigenvalue weighted by atomic mass is 10.0. The number of nitrogens with two attached hydrogens (primary N) is 1. The highest BCUT2D eigenvalue weighted by Gasteiger charge is 2.31. The van der Waals surface area contributed by atoms with Crippen LogP contribution in [-0.4, -0.2) is 5.91 Å². The van der Waals surface area contributed by atoms with E-state index in [1.807, 2.05) is 0 Å². The van der Waals surface area contributed by atoms with Gasteiger partial charge in [0, 0.05) is 5.56 Å². The molecule has 0 spiro atoms. The Bertz CT molecular complexity index is 399. The third-order valence-electron chi connectivity index (χ3n) is 2.38. The van der Waals surface area contributed by atoms with Crippen molar-refractivity contribution in [1.29, 1.82) is 0 Å². The zero-order chi connectivity index (χ0) is 10.3. The Labute approximate surface area is 79.7 Å². The van der Waals surface area contributed by atoms with Gasteiger partial charge in [-0.05, 0) is 30.9 Å². The van der Waals surface area contributed by atoms with Gasteiger partial charge in [0.15, 0.2) is 0 Å². The van der Waals surface area contributed by atoms with E-state index in [0.29, 0.717) is 0 Å². The number of hydrogen-bond acceptors (Lipinski definition) is 1. The van der Waals surface area contributed by atoms with Crippen LogP contribution >= 0.6 is 0 Å². The van der Waals surface area contributed by atoms with Gasteiger partial charge in [0.25, 0.3) is 5.91 Å². The van der Waals surface area contributed by atoms with Crippen molar-refractivity contribution in [3.63, 3.8) is 0 Å². The minimum absolute atomic E-state index is 0.0151. The third-order valence-corrected chi connectivity index (χ3v) is 2.38. The summed E-state index contributed by atoms with van der Waals surface area (Å²) in [6.45, 7) is 0. The first-order valence-corrected chi connectivity index (χ1v) is 4.39. The average Bonchev–Trinajstić information content (AvgIpc) is 2.87. The summed E-state index contributed by atoms with van der Waals surface area (Å²) in [7, 11) is 0. The summed E-state index contributed by atoms with van der Waals surface area (Å²) in [5, 5.41) is 0. The van der Waals surface area contributed by atoms with Gasteiger partial charge >= 0.3 is 0 Å². The summed E-state index contributed by atoms with van der Waals surface area (Å²) in [5.41, 5.74) is 4.74. The zero-order valence-corrected chi connectivity index (χ0v) is 7.39. The zero-order valence-electron chi connectivity index (χ0n) is 7.39. The van der Waals surface area contributed by atoms with Crippen molar-refractivity contribution >= 4 is 5.91 Å². The van der Waals surface area contributed by atoms with Crippen molar-refractivity contribution in [2.75, 3.05) is 0 Å². The number of hydrogen-bond donors (Lipinski definition) is 1. The molecule has 0 radical (unpaired) electrons. The molecule has 74 valence electrons. The topological polar surface area (TPSA) is 43.1 Å². The molecular formula is C10H9F2NO. The molecule has 0 atom stereocenters. The number of carbonyl (C=O) groups excluding carboxylic acids is 1. The number of benzene rings is 1. The molecule has 2 nitrogen and oxygen atoms in total. The molecule has 1 fully saturated rings. The van der Waals surface area contributed by atoms with E-state index in [4.69, 9.17) is 5.73 Å². The first kappa shape index (κ1) is 9.12. The third kappa shape index (κ3) is 1.36. The van der Waals surface area contributed by atoms with Gasteiger partial charge in [-0.1, -0.05) is 0 Å². The normalized spacial score (nSPS) is 15.6. The van der Waals surface area contributed by atoms with Gasteiger partial charge in [0.05, 0.1) is 5.56 Å². The van der Waals surface area contributed by atoms with E-state index < -0.39 is 17.5 Å². The van der Waals surface area contributed by atoms with Crippen LogP contribution in [0, 0.1) is 11.6 Å². The standard InChI is InChI=1S/C10H9F2NO/c11-7-4-3-6(10(13)14)9(12)8(7)5-1-2-5/h3-5H,1-2H2,(H2,13,14). The monoisotopic (exact) mass is 197 g/mol. The van der Waals surface area contributed by atoms with E-state index in [0.717, 1.165) is 25.0 Å². The van der Waals surface area contributed by atoms with Crippen molar-refractivity contribution in [1.82, 2.24) is 0 Å². The highest BCUT2D eigenvalue weighted by Crippen LogP contribution is 2.42. The van der Waals surface area contributed by atoms with Gasteiger partial charge in [-0.3, -0.25) is 4.79 Å². The Hall–Kier alpha value is -1.45. The van der Waals surface area contributed by atoms with Crippen LogP contribution in [0.25, 0.3) is 0 Å². The van der Waals surface area contributed by atoms with Crippen LogP contribution in [0.3, 0.4) is 0 Å². The molecule has 0 aliphatic heterocycles. The van der Waals surface area contributed by atoms with Gasteiger partial charge in [0.2, 0.25) is 0 Å². The van der Waals surface area contributed by atoms with Crippen LogP contribution in [0.4, 0.5) is 8.78 Å². The van der Waals surface area contributed by atoms with Crippen LogP contribution in [0.15, 0.2) is 12.1 Å². The molecular weight excluding hydrogens is 188 g/mol. The Morgan fingerprint density at radius 1 is 1.36 bits per heavy atom. The van der Waals surface area contributed by atoms with Gasteiger partial charge in [-0.15, -0.1) is 0 Å². The van der Waals surface area contributed by atoms with Gasteiger partial charge in [-0.2, -0.15) is 0 Å². The van der Waals surface area contributed by atoms with E-state index in [2.05, 4.69) is 0 Å². The van der Waals surface area contributed by atoms with Crippen molar-refractivity contribution < 1.29 is 13.6 Å². The smallest absolute Gasteiger partial charge is 0.251 e. The van der Waals surface area contributed by atoms with Gasteiger partial charge in [-0.25, -0.2) is 8.78 Å².